The maximum Gasteiger partial charge on any atom is 0.159 e. The Morgan fingerprint density at radius 1 is 1.03 bits per heavy atom. The second-order valence-electron chi connectivity index (χ2n) is 9.86. The summed E-state index contributed by atoms with van der Waals surface area (Å²) in [6, 6.07) is 9.16. The number of pyridine rings is 1. The topological polar surface area (TPSA) is 92.0 Å². The average molecular weight is 551 g/mol. The molecule has 0 spiro atoms. The molecule has 0 saturated carbocycles. The maximum atomic E-state index is 4.96. The fourth-order valence-electron chi connectivity index (χ4n) is 5.16. The number of halogens is 1. The number of aromatic nitrogens is 5. The highest BCUT2D eigenvalue weighted by atomic mass is 79.9. The molecule has 0 amide bonds. The maximum absolute atomic E-state index is 4.96. The van der Waals surface area contributed by atoms with Gasteiger partial charge in [-0.25, -0.2) is 15.0 Å². The molecule has 6 rings (SSSR count). The Morgan fingerprint density at radius 3 is 2.53 bits per heavy atom. The van der Waals surface area contributed by atoms with Gasteiger partial charge in [0.1, 0.15) is 11.3 Å². The van der Waals surface area contributed by atoms with Gasteiger partial charge in [-0.1, -0.05) is 0 Å². The molecule has 4 aromatic rings. The Balaban J connectivity index is 1.14. The summed E-state index contributed by atoms with van der Waals surface area (Å²) in [5, 5.41) is 3.73. The lowest BCUT2D eigenvalue weighted by Crippen LogP contribution is -2.46. The van der Waals surface area contributed by atoms with Gasteiger partial charge in [0, 0.05) is 62.4 Å². The van der Waals surface area contributed by atoms with E-state index in [1.54, 1.807) is 6.33 Å². The predicted octanol–water partition coefficient (Wildman–Crippen LogP) is 3.94. The number of piperidine rings is 1. The van der Waals surface area contributed by atoms with Crippen LogP contribution >= 0.6 is 15.9 Å². The first-order chi connectivity index (χ1) is 17.6. The van der Waals surface area contributed by atoms with E-state index in [2.05, 4.69) is 87.2 Å². The third-order valence-electron chi connectivity index (χ3n) is 7.35. The van der Waals surface area contributed by atoms with Gasteiger partial charge in [-0.15, -0.1) is 0 Å². The highest BCUT2D eigenvalue weighted by Gasteiger charge is 2.21. The first-order valence-corrected chi connectivity index (χ1v) is 13.5. The smallest absolute Gasteiger partial charge is 0.159 e. The average Bonchev–Trinajstić information content (AvgIpc) is 3.58. The number of aromatic amines is 2. The van der Waals surface area contributed by atoms with Crippen LogP contribution in [0.15, 0.2) is 47.5 Å². The number of H-pyrrole nitrogens is 2. The summed E-state index contributed by atoms with van der Waals surface area (Å²) in [6.07, 6.45) is 7.84. The predicted molar refractivity (Wildman–Crippen MR) is 147 cm³/mol. The van der Waals surface area contributed by atoms with E-state index in [4.69, 9.17) is 4.98 Å². The fourth-order valence-corrected chi connectivity index (χ4v) is 5.57. The van der Waals surface area contributed by atoms with Crippen LogP contribution in [0.2, 0.25) is 0 Å². The Kier molecular flexibility index (Phi) is 6.64. The second-order valence-corrected chi connectivity index (χ2v) is 10.7. The summed E-state index contributed by atoms with van der Waals surface area (Å²) >= 11 is 3.69. The van der Waals surface area contributed by atoms with Gasteiger partial charge >= 0.3 is 0 Å². The van der Waals surface area contributed by atoms with Gasteiger partial charge in [-0.3, -0.25) is 4.90 Å². The van der Waals surface area contributed by atoms with Crippen LogP contribution in [0.5, 0.6) is 0 Å². The van der Waals surface area contributed by atoms with Gasteiger partial charge in [0.15, 0.2) is 5.65 Å². The number of benzene rings is 1. The van der Waals surface area contributed by atoms with Crippen molar-refractivity contribution < 1.29 is 0 Å². The zero-order valence-electron chi connectivity index (χ0n) is 20.5. The van der Waals surface area contributed by atoms with Crippen molar-refractivity contribution >= 4 is 38.5 Å². The largest absolute Gasteiger partial charge is 0.379 e. The minimum Gasteiger partial charge on any atom is -0.379 e. The minimum atomic E-state index is 0.447. The van der Waals surface area contributed by atoms with Crippen molar-refractivity contribution in [3.8, 4) is 11.4 Å². The van der Waals surface area contributed by atoms with E-state index in [-0.39, 0.29) is 0 Å². The number of nitrogens with one attached hydrogen (secondary N) is 3. The number of hydrogen-bond donors (Lipinski definition) is 3. The van der Waals surface area contributed by atoms with Gasteiger partial charge in [0.05, 0.1) is 22.2 Å². The third-order valence-corrected chi connectivity index (χ3v) is 7.95. The van der Waals surface area contributed by atoms with Crippen LogP contribution in [0.3, 0.4) is 0 Å². The number of imidazole rings is 2. The molecule has 3 N–H and O–H groups in total. The van der Waals surface area contributed by atoms with Crippen molar-refractivity contribution in [2.75, 3.05) is 56.5 Å². The quantitative estimate of drug-likeness (QED) is 0.335. The summed E-state index contributed by atoms with van der Waals surface area (Å²) in [6.45, 7) is 7.22. The van der Waals surface area contributed by atoms with Gasteiger partial charge < -0.3 is 25.1 Å². The van der Waals surface area contributed by atoms with Crippen LogP contribution in [-0.2, 0) is 6.54 Å². The van der Waals surface area contributed by atoms with Crippen molar-refractivity contribution in [2.45, 2.75) is 25.4 Å². The molecule has 0 atom stereocenters. The van der Waals surface area contributed by atoms with E-state index in [0.29, 0.717) is 6.04 Å². The number of likely N-dealkylation sites (tertiary alicyclic amines) is 1. The number of nitrogens with zero attached hydrogens (tertiary/aromatic N) is 6. The monoisotopic (exact) mass is 549 g/mol. The first kappa shape index (κ1) is 23.4. The van der Waals surface area contributed by atoms with E-state index in [0.717, 1.165) is 97.1 Å². The first-order valence-electron chi connectivity index (χ1n) is 12.7. The van der Waals surface area contributed by atoms with Crippen LogP contribution in [-0.4, -0.2) is 87.1 Å². The molecular weight excluding hydrogens is 518 g/mol. The van der Waals surface area contributed by atoms with E-state index in [1.165, 1.54) is 5.69 Å². The Hall–Kier alpha value is -2.95. The number of piperazine rings is 1. The molecule has 0 aliphatic carbocycles. The zero-order chi connectivity index (χ0) is 24.5. The molecule has 36 heavy (non-hydrogen) atoms. The SMILES string of the molecule is CN1CCC(Nc2c(Br)cnc3[nH]c(-c4ccc(N5CCN(Cc6c[nH]cn6)CC5)cc4)nc23)CC1. The molecule has 10 heteroatoms. The van der Waals surface area contributed by atoms with Gasteiger partial charge in [-0.2, -0.15) is 0 Å². The van der Waals surface area contributed by atoms with Crippen molar-refractivity contribution in [1.29, 1.82) is 0 Å². The van der Waals surface area contributed by atoms with Crippen LogP contribution in [0.1, 0.15) is 18.5 Å². The standard InChI is InChI=1S/C26H32BrN9/c1-34-8-6-19(7-9-34)31-23-22(27)15-29-26-24(23)32-25(33-26)18-2-4-21(5-3-18)36-12-10-35(11-13-36)16-20-14-28-17-30-20/h2-5,14-15,17,19H,6-13,16H2,1H3,(H,28,30)(H2,29,31,32,33). The lowest BCUT2D eigenvalue weighted by Gasteiger charge is -2.35. The van der Waals surface area contributed by atoms with Gasteiger partial charge in [-0.05, 0) is 73.2 Å². The molecule has 5 heterocycles. The van der Waals surface area contributed by atoms with Crippen LogP contribution in [0, 0.1) is 0 Å². The molecule has 2 saturated heterocycles. The minimum absolute atomic E-state index is 0.447. The lowest BCUT2D eigenvalue weighted by molar-refractivity contribution is 0.247. The van der Waals surface area contributed by atoms with E-state index >= 15 is 0 Å². The highest BCUT2D eigenvalue weighted by molar-refractivity contribution is 9.10. The molecule has 2 fully saturated rings. The third kappa shape index (κ3) is 4.98. The summed E-state index contributed by atoms with van der Waals surface area (Å²) in [7, 11) is 2.19. The molecule has 0 bridgehead atoms. The second kappa shape index (κ2) is 10.2. The van der Waals surface area contributed by atoms with Gasteiger partial charge in [0.2, 0.25) is 0 Å². The molecule has 9 nitrogen and oxygen atoms in total. The molecule has 2 aliphatic rings. The van der Waals surface area contributed by atoms with Gasteiger partial charge in [0.25, 0.3) is 0 Å². The van der Waals surface area contributed by atoms with Crippen molar-refractivity contribution in [3.05, 3.63) is 53.2 Å². The molecule has 2 aliphatic heterocycles. The van der Waals surface area contributed by atoms with Crippen LogP contribution in [0.25, 0.3) is 22.6 Å². The number of hydrogen-bond acceptors (Lipinski definition) is 7. The molecule has 3 aromatic heterocycles. The number of fused-ring (bicyclic) bond motifs is 1. The Morgan fingerprint density at radius 2 is 1.81 bits per heavy atom. The van der Waals surface area contributed by atoms with Crippen LogP contribution in [0.4, 0.5) is 11.4 Å². The van der Waals surface area contributed by atoms with E-state index < -0.39 is 0 Å². The molecule has 1 aromatic carbocycles. The number of rotatable bonds is 6. The molecule has 0 radical (unpaired) electrons. The Bertz CT molecular complexity index is 1290. The lowest BCUT2D eigenvalue weighted by atomic mass is 10.1. The van der Waals surface area contributed by atoms with E-state index in [1.807, 2.05) is 12.4 Å². The van der Waals surface area contributed by atoms with Crippen molar-refractivity contribution in [3.63, 3.8) is 0 Å². The summed E-state index contributed by atoms with van der Waals surface area (Å²) in [5.41, 5.74) is 6.14. The normalized spacial score (nSPS) is 18.2. The van der Waals surface area contributed by atoms with Crippen LogP contribution < -0.4 is 10.2 Å². The van der Waals surface area contributed by atoms with Crippen molar-refractivity contribution in [2.24, 2.45) is 0 Å². The number of anilines is 2. The zero-order valence-corrected chi connectivity index (χ0v) is 22.1. The summed E-state index contributed by atoms with van der Waals surface area (Å²) in [5.74, 6) is 0.845. The van der Waals surface area contributed by atoms with E-state index in [9.17, 15) is 0 Å². The molecule has 188 valence electrons. The molecule has 0 unspecified atom stereocenters. The summed E-state index contributed by atoms with van der Waals surface area (Å²) in [4.78, 5) is 27.7. The Labute approximate surface area is 219 Å². The summed E-state index contributed by atoms with van der Waals surface area (Å²) < 4.78 is 0.953. The van der Waals surface area contributed by atoms with Crippen molar-refractivity contribution in [1.82, 2.24) is 34.7 Å². The molecular formula is C26H32BrN9. The highest BCUT2D eigenvalue weighted by Crippen LogP contribution is 2.33. The fraction of sp³-hybridized carbons (Fsp3) is 0.423.